The van der Waals surface area contributed by atoms with Gasteiger partial charge in [0.15, 0.2) is 5.88 Å². The van der Waals surface area contributed by atoms with Gasteiger partial charge in [0, 0.05) is 53.2 Å². The number of hydrogen-bond acceptors (Lipinski definition) is 6. The van der Waals surface area contributed by atoms with E-state index in [1.807, 2.05) is 86.6 Å². The first-order chi connectivity index (χ1) is 19.3. The van der Waals surface area contributed by atoms with E-state index in [1.165, 1.54) is 4.90 Å². The molecule has 1 amide bonds. The van der Waals surface area contributed by atoms with Crippen LogP contribution in [0, 0.1) is 0 Å². The number of carbonyl (C=O) groups is 1. The highest BCUT2D eigenvalue weighted by molar-refractivity contribution is 6.29. The third-order valence-electron chi connectivity index (χ3n) is 6.43. The van der Waals surface area contributed by atoms with E-state index in [0.29, 0.717) is 28.6 Å². The van der Waals surface area contributed by atoms with Crippen molar-refractivity contribution in [3.63, 3.8) is 0 Å². The summed E-state index contributed by atoms with van der Waals surface area (Å²) in [6, 6.07) is 23.2. The summed E-state index contributed by atoms with van der Waals surface area (Å²) >= 11 is 5.70. The number of aromatic nitrogens is 3. The molecule has 5 aromatic rings. The fourth-order valence-corrected chi connectivity index (χ4v) is 4.57. The van der Waals surface area contributed by atoms with Gasteiger partial charge in [0.25, 0.3) is 0 Å². The van der Waals surface area contributed by atoms with Gasteiger partial charge >= 0.3 is 0 Å². The molecule has 0 spiro atoms. The predicted octanol–water partition coefficient (Wildman–Crippen LogP) is 6.52. The second kappa shape index (κ2) is 11.6. The third kappa shape index (κ3) is 5.67. The number of nitrogens with zero attached hydrogens (tertiary/aromatic N) is 4. The summed E-state index contributed by atoms with van der Waals surface area (Å²) < 4.78 is 0. The minimum absolute atomic E-state index is 0.0200. The van der Waals surface area contributed by atoms with Crippen molar-refractivity contribution in [2.75, 3.05) is 23.1 Å². The number of alkyl halides is 1. The average Bonchev–Trinajstić information content (AvgIpc) is 3.30. The summed E-state index contributed by atoms with van der Waals surface area (Å²) in [5.74, 6) is 0.310. The summed E-state index contributed by atoms with van der Waals surface area (Å²) in [4.78, 5) is 30.4. The summed E-state index contributed by atoms with van der Waals surface area (Å²) in [6.45, 7) is 4.07. The Kier molecular flexibility index (Phi) is 7.79. The summed E-state index contributed by atoms with van der Waals surface area (Å²) in [5, 5.41) is 15.1. The van der Waals surface area contributed by atoms with E-state index >= 15 is 0 Å². The molecule has 0 radical (unpaired) electrons. The van der Waals surface area contributed by atoms with Crippen molar-refractivity contribution in [3.8, 4) is 17.0 Å². The topological polar surface area (TPSA) is 107 Å². The van der Waals surface area contributed by atoms with Crippen molar-refractivity contribution in [1.82, 2.24) is 15.0 Å². The number of fused-ring (bicyclic) bond motifs is 1. The zero-order chi connectivity index (χ0) is 28.2. The van der Waals surface area contributed by atoms with Gasteiger partial charge in [-0.2, -0.15) is 0 Å². The van der Waals surface area contributed by atoms with Crippen LogP contribution < -0.4 is 10.2 Å². The van der Waals surface area contributed by atoms with E-state index in [1.54, 1.807) is 19.4 Å². The fourth-order valence-electron chi connectivity index (χ4n) is 4.39. The van der Waals surface area contributed by atoms with Gasteiger partial charge in [-0.1, -0.05) is 42.5 Å². The highest BCUT2D eigenvalue weighted by Gasteiger charge is 2.19. The summed E-state index contributed by atoms with van der Waals surface area (Å²) in [6.07, 6.45) is 3.56. The Bertz CT molecular complexity index is 1660. The first kappa shape index (κ1) is 26.9. The lowest BCUT2D eigenvalue weighted by atomic mass is 9.99. The molecular formula is C31H29ClN6O2. The van der Waals surface area contributed by atoms with Gasteiger partial charge in [-0.05, 0) is 49.7 Å². The van der Waals surface area contributed by atoms with Crippen molar-refractivity contribution in [1.29, 1.82) is 0 Å². The van der Waals surface area contributed by atoms with Gasteiger partial charge in [0.1, 0.15) is 5.88 Å². The highest BCUT2D eigenvalue weighted by Crippen LogP contribution is 2.34. The zero-order valence-corrected chi connectivity index (χ0v) is 23.1. The normalized spacial score (nSPS) is 11.7. The maximum absolute atomic E-state index is 12.0. The van der Waals surface area contributed by atoms with Crippen molar-refractivity contribution < 1.29 is 9.90 Å². The number of hydrogen-bond donors (Lipinski definition) is 3. The van der Waals surface area contributed by atoms with Gasteiger partial charge in [0.2, 0.25) is 11.9 Å². The van der Waals surface area contributed by atoms with Gasteiger partial charge in [-0.25, -0.2) is 15.0 Å². The van der Waals surface area contributed by atoms with Crippen LogP contribution in [0.15, 0.2) is 90.2 Å². The Morgan fingerprint density at radius 2 is 1.73 bits per heavy atom. The standard InChI is InChI=1S/C31H29ClN6O2/c1-19(2)35-31-33-17-22(18-34-31)21-9-14-25-26(15-21)37-30(40)28(25)29(20-7-5-4-6-8-20)36-23-10-12-24(13-11-23)38(3)27(39)16-32/h4-15,17-19,37,40H,16H2,1-3H3,(H,33,34,35). The molecule has 0 saturated heterocycles. The number of aliphatic imine (C=N–C) groups is 1. The second-order valence-corrected chi connectivity index (χ2v) is 9.90. The van der Waals surface area contributed by atoms with Crippen LogP contribution in [0.5, 0.6) is 5.88 Å². The molecule has 0 saturated carbocycles. The van der Waals surface area contributed by atoms with E-state index < -0.39 is 0 Å². The lowest BCUT2D eigenvalue weighted by molar-refractivity contribution is -0.116. The molecule has 0 aliphatic heterocycles. The minimum Gasteiger partial charge on any atom is -0.494 e. The van der Waals surface area contributed by atoms with Gasteiger partial charge in [0.05, 0.1) is 17.0 Å². The molecule has 0 bridgehead atoms. The van der Waals surface area contributed by atoms with Crippen LogP contribution in [-0.2, 0) is 4.79 Å². The molecule has 9 heteroatoms. The Morgan fingerprint density at radius 3 is 2.38 bits per heavy atom. The lowest BCUT2D eigenvalue weighted by Crippen LogP contribution is -2.26. The number of H-pyrrole nitrogens is 1. The molecular weight excluding hydrogens is 524 g/mol. The number of nitrogens with one attached hydrogen (secondary N) is 2. The second-order valence-electron chi connectivity index (χ2n) is 9.63. The predicted molar refractivity (Wildman–Crippen MR) is 162 cm³/mol. The molecule has 0 fully saturated rings. The number of benzene rings is 3. The number of carbonyl (C=O) groups excluding carboxylic acids is 1. The van der Waals surface area contributed by atoms with Gasteiger partial charge in [-0.15, -0.1) is 11.6 Å². The highest BCUT2D eigenvalue weighted by atomic mass is 35.5. The first-order valence-electron chi connectivity index (χ1n) is 12.8. The first-order valence-corrected chi connectivity index (χ1v) is 13.4. The van der Waals surface area contributed by atoms with E-state index in [-0.39, 0.29) is 23.7 Å². The zero-order valence-electron chi connectivity index (χ0n) is 22.4. The summed E-state index contributed by atoms with van der Waals surface area (Å²) in [5.41, 5.74) is 5.98. The van der Waals surface area contributed by atoms with Crippen LogP contribution in [0.4, 0.5) is 17.3 Å². The summed E-state index contributed by atoms with van der Waals surface area (Å²) in [7, 11) is 1.68. The number of aromatic amines is 1. The Morgan fingerprint density at radius 1 is 1.02 bits per heavy atom. The van der Waals surface area contributed by atoms with Crippen LogP contribution >= 0.6 is 11.6 Å². The average molecular weight is 553 g/mol. The van der Waals surface area contributed by atoms with E-state index in [2.05, 4.69) is 20.3 Å². The van der Waals surface area contributed by atoms with Crippen molar-refractivity contribution in [2.24, 2.45) is 4.99 Å². The van der Waals surface area contributed by atoms with E-state index in [9.17, 15) is 9.90 Å². The van der Waals surface area contributed by atoms with E-state index in [0.717, 1.165) is 27.6 Å². The maximum atomic E-state index is 12.0. The number of anilines is 2. The number of halogens is 1. The molecule has 5 rings (SSSR count). The number of amides is 1. The lowest BCUT2D eigenvalue weighted by Gasteiger charge is -2.16. The van der Waals surface area contributed by atoms with Crippen LogP contribution in [0.1, 0.15) is 25.0 Å². The molecule has 0 aliphatic rings. The fraction of sp³-hybridized carbons (Fsp3) is 0.161. The Labute approximate surface area is 237 Å². The van der Waals surface area contributed by atoms with Crippen molar-refractivity contribution >= 4 is 51.4 Å². The molecule has 2 heterocycles. The minimum atomic E-state index is -0.194. The molecule has 0 unspecified atom stereocenters. The van der Waals surface area contributed by atoms with Gasteiger partial charge < -0.3 is 20.3 Å². The molecule has 3 N–H and O–H groups in total. The van der Waals surface area contributed by atoms with Crippen LogP contribution in [0.3, 0.4) is 0 Å². The number of aromatic hydroxyl groups is 1. The monoisotopic (exact) mass is 552 g/mol. The van der Waals surface area contributed by atoms with Crippen LogP contribution in [0.25, 0.3) is 22.0 Å². The van der Waals surface area contributed by atoms with Crippen LogP contribution in [0.2, 0.25) is 0 Å². The molecule has 2 aromatic heterocycles. The smallest absolute Gasteiger partial charge is 0.241 e. The quantitative estimate of drug-likeness (QED) is 0.150. The molecule has 0 atom stereocenters. The van der Waals surface area contributed by atoms with Crippen LogP contribution in [-0.4, -0.2) is 50.6 Å². The molecule has 40 heavy (non-hydrogen) atoms. The third-order valence-corrected chi connectivity index (χ3v) is 6.66. The van der Waals surface area contributed by atoms with Gasteiger partial charge in [-0.3, -0.25) is 4.79 Å². The largest absolute Gasteiger partial charge is 0.494 e. The Balaban J connectivity index is 1.55. The molecule has 3 aromatic carbocycles. The van der Waals surface area contributed by atoms with E-state index in [4.69, 9.17) is 16.6 Å². The molecule has 8 nitrogen and oxygen atoms in total. The number of rotatable bonds is 8. The SMILES string of the molecule is CC(C)Nc1ncc(-c2ccc3c(C(=Nc4ccc(N(C)C(=O)CCl)cc4)c4ccccc4)c(O)[nH]c3c2)cn1. The van der Waals surface area contributed by atoms with Crippen molar-refractivity contribution in [2.45, 2.75) is 19.9 Å². The Hall–Kier alpha value is -4.69. The molecule has 202 valence electrons. The maximum Gasteiger partial charge on any atom is 0.241 e. The molecule has 0 aliphatic carbocycles. The van der Waals surface area contributed by atoms with Crippen molar-refractivity contribution in [3.05, 3.63) is 96.3 Å².